The standard InChI is InChI=1S/C19H26N2O6/c1-4-27-17(22)6-5-9-20-10-11-21(19(24)18(20)23)13-14-7-8-15(25-2)12-16(14)26-3/h7-8,12H,4-6,9-11,13H2,1-3H3. The molecule has 148 valence electrons. The highest BCUT2D eigenvalue weighted by Crippen LogP contribution is 2.26. The number of piperazine rings is 1. The van der Waals surface area contributed by atoms with Crippen LogP contribution in [-0.2, 0) is 25.7 Å². The van der Waals surface area contributed by atoms with Gasteiger partial charge in [-0.25, -0.2) is 0 Å². The van der Waals surface area contributed by atoms with Crippen molar-refractivity contribution in [2.24, 2.45) is 0 Å². The molecule has 1 aromatic rings. The van der Waals surface area contributed by atoms with Crippen molar-refractivity contribution in [1.82, 2.24) is 9.80 Å². The lowest BCUT2D eigenvalue weighted by atomic mass is 10.1. The SMILES string of the molecule is CCOC(=O)CCCN1CCN(Cc2ccc(OC)cc2OC)C(=O)C1=O. The summed E-state index contributed by atoms with van der Waals surface area (Å²) in [5, 5.41) is 0. The molecule has 1 heterocycles. The Kier molecular flexibility index (Phi) is 7.45. The van der Waals surface area contributed by atoms with Crippen LogP contribution in [0.1, 0.15) is 25.3 Å². The molecule has 0 atom stereocenters. The van der Waals surface area contributed by atoms with E-state index in [1.807, 2.05) is 6.07 Å². The first-order chi connectivity index (χ1) is 13.0. The predicted molar refractivity (Wildman–Crippen MR) is 97.4 cm³/mol. The molecule has 8 heteroatoms. The van der Waals surface area contributed by atoms with Gasteiger partial charge in [0.1, 0.15) is 11.5 Å². The quantitative estimate of drug-likeness (QED) is 0.474. The molecule has 0 radical (unpaired) electrons. The van der Waals surface area contributed by atoms with Crippen molar-refractivity contribution in [1.29, 1.82) is 0 Å². The lowest BCUT2D eigenvalue weighted by Gasteiger charge is -2.34. The van der Waals surface area contributed by atoms with Crippen LogP contribution in [0.3, 0.4) is 0 Å². The summed E-state index contributed by atoms with van der Waals surface area (Å²) in [6.07, 6.45) is 0.711. The van der Waals surface area contributed by atoms with Crippen molar-refractivity contribution in [2.75, 3.05) is 40.5 Å². The van der Waals surface area contributed by atoms with Crippen LogP contribution in [0, 0.1) is 0 Å². The molecular formula is C19H26N2O6. The van der Waals surface area contributed by atoms with Crippen LogP contribution < -0.4 is 9.47 Å². The van der Waals surface area contributed by atoms with Crippen LogP contribution in [0.5, 0.6) is 11.5 Å². The summed E-state index contributed by atoms with van der Waals surface area (Å²) in [4.78, 5) is 39.2. The first-order valence-corrected chi connectivity index (χ1v) is 8.94. The van der Waals surface area contributed by atoms with Crippen molar-refractivity contribution in [3.05, 3.63) is 23.8 Å². The summed E-state index contributed by atoms with van der Waals surface area (Å²) in [7, 11) is 3.12. The van der Waals surface area contributed by atoms with Crippen molar-refractivity contribution in [3.63, 3.8) is 0 Å². The molecule has 0 aliphatic carbocycles. The Morgan fingerprint density at radius 2 is 1.78 bits per heavy atom. The van der Waals surface area contributed by atoms with Gasteiger partial charge in [0.15, 0.2) is 0 Å². The molecular weight excluding hydrogens is 352 g/mol. The van der Waals surface area contributed by atoms with Gasteiger partial charge in [-0.3, -0.25) is 14.4 Å². The van der Waals surface area contributed by atoms with Crippen LogP contribution in [-0.4, -0.2) is 68.0 Å². The molecule has 1 aliphatic heterocycles. The van der Waals surface area contributed by atoms with Gasteiger partial charge in [0.25, 0.3) is 0 Å². The van der Waals surface area contributed by atoms with Crippen LogP contribution in [0.4, 0.5) is 0 Å². The van der Waals surface area contributed by atoms with E-state index in [9.17, 15) is 14.4 Å². The van der Waals surface area contributed by atoms with E-state index < -0.39 is 11.8 Å². The smallest absolute Gasteiger partial charge is 0.312 e. The van der Waals surface area contributed by atoms with Crippen LogP contribution in [0.2, 0.25) is 0 Å². The fourth-order valence-electron chi connectivity index (χ4n) is 2.91. The van der Waals surface area contributed by atoms with Crippen molar-refractivity contribution < 1.29 is 28.6 Å². The molecule has 1 aliphatic rings. The number of amides is 2. The Labute approximate surface area is 159 Å². The van der Waals surface area contributed by atoms with Gasteiger partial charge in [-0.2, -0.15) is 0 Å². The minimum absolute atomic E-state index is 0.235. The zero-order valence-corrected chi connectivity index (χ0v) is 16.0. The Morgan fingerprint density at radius 3 is 2.44 bits per heavy atom. The fraction of sp³-hybridized carbons (Fsp3) is 0.526. The second-order valence-corrected chi connectivity index (χ2v) is 6.11. The first kappa shape index (κ1) is 20.5. The highest BCUT2D eigenvalue weighted by Gasteiger charge is 2.32. The topological polar surface area (TPSA) is 85.4 Å². The average Bonchev–Trinajstić information content (AvgIpc) is 2.67. The van der Waals surface area contributed by atoms with Gasteiger partial charge in [-0.05, 0) is 25.5 Å². The summed E-state index contributed by atoms with van der Waals surface area (Å²) < 4.78 is 15.4. The van der Waals surface area contributed by atoms with E-state index in [1.54, 1.807) is 33.3 Å². The molecule has 0 bridgehead atoms. The average molecular weight is 378 g/mol. The summed E-state index contributed by atoms with van der Waals surface area (Å²) in [5.41, 5.74) is 0.801. The Balaban J connectivity index is 1.93. The molecule has 0 N–H and O–H groups in total. The summed E-state index contributed by atoms with van der Waals surface area (Å²) in [6, 6.07) is 5.35. The van der Waals surface area contributed by atoms with Gasteiger partial charge in [-0.1, -0.05) is 0 Å². The molecule has 0 unspecified atom stereocenters. The normalized spacial score (nSPS) is 14.3. The molecule has 0 spiro atoms. The maximum absolute atomic E-state index is 12.4. The maximum atomic E-state index is 12.4. The van der Waals surface area contributed by atoms with E-state index >= 15 is 0 Å². The third kappa shape index (κ3) is 5.35. The molecule has 1 saturated heterocycles. The summed E-state index contributed by atoms with van der Waals surface area (Å²) in [5.74, 6) is -0.120. The Morgan fingerprint density at radius 1 is 1.07 bits per heavy atom. The Bertz CT molecular complexity index is 691. The van der Waals surface area contributed by atoms with Gasteiger partial charge in [-0.15, -0.1) is 0 Å². The third-order valence-electron chi connectivity index (χ3n) is 4.37. The number of methoxy groups -OCH3 is 2. The van der Waals surface area contributed by atoms with Crippen molar-refractivity contribution >= 4 is 17.8 Å². The predicted octanol–water partition coefficient (Wildman–Crippen LogP) is 1.22. The molecule has 1 fully saturated rings. The molecule has 1 aromatic carbocycles. The second kappa shape index (κ2) is 9.80. The van der Waals surface area contributed by atoms with Crippen LogP contribution >= 0.6 is 0 Å². The second-order valence-electron chi connectivity index (χ2n) is 6.11. The van der Waals surface area contributed by atoms with Crippen LogP contribution in [0.25, 0.3) is 0 Å². The van der Waals surface area contributed by atoms with E-state index in [4.69, 9.17) is 14.2 Å². The highest BCUT2D eigenvalue weighted by atomic mass is 16.5. The van der Waals surface area contributed by atoms with Crippen LogP contribution in [0.15, 0.2) is 18.2 Å². The first-order valence-electron chi connectivity index (χ1n) is 8.94. The molecule has 0 saturated carbocycles. The number of esters is 1. The van der Waals surface area contributed by atoms with Crippen molar-refractivity contribution in [3.8, 4) is 11.5 Å². The maximum Gasteiger partial charge on any atom is 0.312 e. The number of carbonyl (C=O) groups excluding carboxylic acids is 3. The van der Waals surface area contributed by atoms with Gasteiger partial charge < -0.3 is 24.0 Å². The lowest BCUT2D eigenvalue weighted by molar-refractivity contribution is -0.156. The molecule has 2 rings (SSSR count). The van der Waals surface area contributed by atoms with E-state index in [1.165, 1.54) is 9.80 Å². The molecule has 27 heavy (non-hydrogen) atoms. The minimum Gasteiger partial charge on any atom is -0.497 e. The molecule has 2 amide bonds. The minimum atomic E-state index is -0.546. The van der Waals surface area contributed by atoms with E-state index in [0.29, 0.717) is 44.2 Å². The number of benzene rings is 1. The third-order valence-corrected chi connectivity index (χ3v) is 4.37. The van der Waals surface area contributed by atoms with Crippen molar-refractivity contribution in [2.45, 2.75) is 26.3 Å². The summed E-state index contributed by atoms with van der Waals surface area (Å²) in [6.45, 7) is 3.60. The van der Waals surface area contributed by atoms with Gasteiger partial charge >= 0.3 is 17.8 Å². The van der Waals surface area contributed by atoms with Gasteiger partial charge in [0.05, 0.1) is 20.8 Å². The fourth-order valence-corrected chi connectivity index (χ4v) is 2.91. The number of rotatable bonds is 9. The number of ether oxygens (including phenoxy) is 3. The summed E-state index contributed by atoms with van der Waals surface area (Å²) >= 11 is 0. The van der Waals surface area contributed by atoms with Gasteiger partial charge in [0.2, 0.25) is 0 Å². The van der Waals surface area contributed by atoms with Gasteiger partial charge in [0, 0.05) is 44.2 Å². The zero-order chi connectivity index (χ0) is 19.8. The number of carbonyl (C=O) groups is 3. The largest absolute Gasteiger partial charge is 0.497 e. The molecule has 0 aromatic heterocycles. The monoisotopic (exact) mass is 378 g/mol. The molecule has 8 nitrogen and oxygen atoms in total. The van der Waals surface area contributed by atoms with E-state index in [2.05, 4.69) is 0 Å². The Hall–Kier alpha value is -2.77. The number of hydrogen-bond acceptors (Lipinski definition) is 6. The van der Waals surface area contributed by atoms with E-state index in [-0.39, 0.29) is 18.9 Å². The highest BCUT2D eigenvalue weighted by molar-refractivity contribution is 6.35. The van der Waals surface area contributed by atoms with E-state index in [0.717, 1.165) is 5.56 Å². The number of hydrogen-bond donors (Lipinski definition) is 0. The number of nitrogens with zero attached hydrogens (tertiary/aromatic N) is 2. The zero-order valence-electron chi connectivity index (χ0n) is 16.0. The lowest BCUT2D eigenvalue weighted by Crippen LogP contribution is -2.54.